The molecule has 0 saturated carbocycles. The average molecular weight is 132 g/mol. The molecule has 0 aromatic heterocycles. The molecule has 0 radical (unpaired) electrons. The van der Waals surface area contributed by atoms with Crippen molar-refractivity contribution in [3.8, 4) is 0 Å². The molecule has 0 atom stereocenters. The Balaban J connectivity index is 0. The van der Waals surface area contributed by atoms with Crippen molar-refractivity contribution in [2.45, 2.75) is 26.4 Å². The monoisotopic (exact) mass is 132 g/mol. The number of hydrogen-bond donors (Lipinski definition) is 0. The van der Waals surface area contributed by atoms with Crippen LogP contribution in [0.1, 0.15) is 20.8 Å². The zero-order valence-electron chi connectivity index (χ0n) is 6.32. The Hall–Kier alpha value is -0.0831. The molecule has 1 nitrogen and oxygen atoms in total. The molecule has 50 valence electrons. The Labute approximate surface area is 55.3 Å². The Morgan fingerprint density at radius 1 is 1.25 bits per heavy atom. The van der Waals surface area contributed by atoms with Crippen LogP contribution in [-0.4, -0.2) is 16.1 Å². The predicted octanol–water partition coefficient (Wildman–Crippen LogP) is 0.884. The molecular formula is C6H16OSi. The molecule has 0 aromatic carbocycles. The summed E-state index contributed by atoms with van der Waals surface area (Å²) in [4.78, 5) is 0. The standard InChI is InChI=1S/C4H12OSi.C2H4/c1-4(2,3)5-6;1-2/h1-3,6H3;1-2H2. The van der Waals surface area contributed by atoms with E-state index < -0.39 is 0 Å². The molecule has 0 spiro atoms. The molecule has 0 unspecified atom stereocenters. The van der Waals surface area contributed by atoms with E-state index in [-0.39, 0.29) is 5.60 Å². The lowest BCUT2D eigenvalue weighted by atomic mass is 10.2. The Bertz CT molecular complexity index is 47.0. The van der Waals surface area contributed by atoms with Gasteiger partial charge in [-0.2, -0.15) is 0 Å². The minimum atomic E-state index is 0.103. The molecule has 0 aliphatic rings. The quantitative estimate of drug-likeness (QED) is 0.351. The summed E-state index contributed by atoms with van der Waals surface area (Å²) >= 11 is 0. The molecule has 0 bridgehead atoms. The molecule has 0 rings (SSSR count). The van der Waals surface area contributed by atoms with E-state index in [0.717, 1.165) is 10.5 Å². The van der Waals surface area contributed by atoms with E-state index in [1.54, 1.807) is 0 Å². The molecule has 0 aromatic rings. The molecule has 0 N–H and O–H groups in total. The van der Waals surface area contributed by atoms with Gasteiger partial charge in [-0.1, -0.05) is 0 Å². The topological polar surface area (TPSA) is 9.23 Å². The highest BCUT2D eigenvalue weighted by molar-refractivity contribution is 5.98. The molecule has 0 saturated heterocycles. The highest BCUT2D eigenvalue weighted by Gasteiger charge is 2.03. The summed E-state index contributed by atoms with van der Waals surface area (Å²) < 4.78 is 5.08. The maximum Gasteiger partial charge on any atom is 0.146 e. The van der Waals surface area contributed by atoms with Gasteiger partial charge in [0.1, 0.15) is 10.5 Å². The minimum Gasteiger partial charge on any atom is -0.423 e. The van der Waals surface area contributed by atoms with Crippen molar-refractivity contribution < 1.29 is 4.43 Å². The normalized spacial score (nSPS) is 9.88. The summed E-state index contributed by atoms with van der Waals surface area (Å²) in [5.41, 5.74) is 0.103. The van der Waals surface area contributed by atoms with Crippen LogP contribution in [0.25, 0.3) is 0 Å². The maximum atomic E-state index is 5.08. The van der Waals surface area contributed by atoms with Gasteiger partial charge in [0.25, 0.3) is 0 Å². The zero-order valence-corrected chi connectivity index (χ0v) is 8.32. The first kappa shape index (κ1) is 10.8. The molecule has 0 heterocycles. The van der Waals surface area contributed by atoms with Crippen LogP contribution in [0.5, 0.6) is 0 Å². The third-order valence-corrected chi connectivity index (χ3v) is 1.84. The summed E-state index contributed by atoms with van der Waals surface area (Å²) in [6, 6.07) is 0. The third-order valence-electron chi connectivity index (χ3n) is 0.612. The van der Waals surface area contributed by atoms with Gasteiger partial charge in [-0.25, -0.2) is 0 Å². The lowest BCUT2D eigenvalue weighted by Gasteiger charge is -2.15. The first-order valence-corrected chi connectivity index (χ1v) is 3.43. The Kier molecular flexibility index (Phi) is 6.85. The predicted molar refractivity (Wildman–Crippen MR) is 42.0 cm³/mol. The molecule has 0 amide bonds. The van der Waals surface area contributed by atoms with E-state index in [2.05, 4.69) is 33.9 Å². The van der Waals surface area contributed by atoms with Crippen molar-refractivity contribution >= 4 is 10.5 Å². The zero-order chi connectivity index (χ0) is 7.21. The van der Waals surface area contributed by atoms with Crippen LogP contribution in [0.15, 0.2) is 13.2 Å². The average Bonchev–Trinajstić information content (AvgIpc) is 1.71. The van der Waals surface area contributed by atoms with Gasteiger partial charge in [0, 0.05) is 5.60 Å². The molecule has 2 heteroatoms. The fourth-order valence-corrected chi connectivity index (χ4v) is 0. The minimum absolute atomic E-state index is 0.103. The number of hydrogen-bond acceptors (Lipinski definition) is 1. The van der Waals surface area contributed by atoms with Crippen LogP contribution in [-0.2, 0) is 4.43 Å². The van der Waals surface area contributed by atoms with Crippen LogP contribution in [0.4, 0.5) is 0 Å². The molecular weight excluding hydrogens is 116 g/mol. The summed E-state index contributed by atoms with van der Waals surface area (Å²) in [6.45, 7) is 12.2. The maximum absolute atomic E-state index is 5.08. The van der Waals surface area contributed by atoms with E-state index in [4.69, 9.17) is 4.43 Å². The van der Waals surface area contributed by atoms with Crippen molar-refractivity contribution in [1.29, 1.82) is 0 Å². The second kappa shape index (κ2) is 5.06. The van der Waals surface area contributed by atoms with Crippen molar-refractivity contribution in [2.24, 2.45) is 0 Å². The second-order valence-corrected chi connectivity index (χ2v) is 2.72. The largest absolute Gasteiger partial charge is 0.423 e. The molecule has 0 aliphatic heterocycles. The molecule has 0 fully saturated rings. The van der Waals surface area contributed by atoms with Crippen LogP contribution >= 0.6 is 0 Å². The SMILES string of the molecule is C=C.CC(C)(C)O[SiH3]. The van der Waals surface area contributed by atoms with E-state index in [1.807, 2.05) is 0 Å². The van der Waals surface area contributed by atoms with Gasteiger partial charge in [0.2, 0.25) is 0 Å². The third kappa shape index (κ3) is 16.8. The van der Waals surface area contributed by atoms with Crippen molar-refractivity contribution in [3.63, 3.8) is 0 Å². The van der Waals surface area contributed by atoms with Crippen molar-refractivity contribution in [2.75, 3.05) is 0 Å². The highest BCUT2D eigenvalue weighted by atomic mass is 28.2. The van der Waals surface area contributed by atoms with Gasteiger partial charge in [0.05, 0.1) is 0 Å². The van der Waals surface area contributed by atoms with E-state index in [0.29, 0.717) is 0 Å². The van der Waals surface area contributed by atoms with Crippen LogP contribution in [0.3, 0.4) is 0 Å². The van der Waals surface area contributed by atoms with Gasteiger partial charge in [0.15, 0.2) is 0 Å². The lowest BCUT2D eigenvalue weighted by Crippen LogP contribution is -2.16. The molecule has 8 heavy (non-hydrogen) atoms. The Morgan fingerprint density at radius 3 is 1.38 bits per heavy atom. The summed E-state index contributed by atoms with van der Waals surface area (Å²) in [5.74, 6) is 0. The van der Waals surface area contributed by atoms with Gasteiger partial charge < -0.3 is 4.43 Å². The van der Waals surface area contributed by atoms with Crippen LogP contribution in [0.2, 0.25) is 0 Å². The van der Waals surface area contributed by atoms with Gasteiger partial charge in [-0.3, -0.25) is 0 Å². The second-order valence-electron chi connectivity index (χ2n) is 2.32. The van der Waals surface area contributed by atoms with Gasteiger partial charge in [-0.15, -0.1) is 13.2 Å². The molecule has 0 aliphatic carbocycles. The van der Waals surface area contributed by atoms with Crippen LogP contribution in [0, 0.1) is 0 Å². The van der Waals surface area contributed by atoms with Crippen molar-refractivity contribution in [1.82, 2.24) is 0 Å². The van der Waals surface area contributed by atoms with Gasteiger partial charge >= 0.3 is 0 Å². The van der Waals surface area contributed by atoms with Crippen LogP contribution < -0.4 is 0 Å². The van der Waals surface area contributed by atoms with E-state index in [9.17, 15) is 0 Å². The first-order chi connectivity index (χ1) is 3.56. The highest BCUT2D eigenvalue weighted by Crippen LogP contribution is 2.01. The Morgan fingerprint density at radius 2 is 1.38 bits per heavy atom. The fourth-order valence-electron chi connectivity index (χ4n) is 0. The first-order valence-electron chi connectivity index (χ1n) is 2.61. The smallest absolute Gasteiger partial charge is 0.146 e. The van der Waals surface area contributed by atoms with Crippen molar-refractivity contribution in [3.05, 3.63) is 13.2 Å². The summed E-state index contributed by atoms with van der Waals surface area (Å²) in [5, 5.41) is 0. The van der Waals surface area contributed by atoms with E-state index >= 15 is 0 Å². The number of rotatable bonds is 0. The summed E-state index contributed by atoms with van der Waals surface area (Å²) in [7, 11) is 0.848. The van der Waals surface area contributed by atoms with E-state index in [1.165, 1.54) is 0 Å². The fraction of sp³-hybridized carbons (Fsp3) is 0.667. The van der Waals surface area contributed by atoms with Gasteiger partial charge in [-0.05, 0) is 20.8 Å². The lowest BCUT2D eigenvalue weighted by molar-refractivity contribution is 0.147. The summed E-state index contributed by atoms with van der Waals surface area (Å²) in [6.07, 6.45) is 0.